The molecule has 2 aromatic heterocycles. The zero-order chi connectivity index (χ0) is 17.2. The number of furan rings is 1. The fraction of sp³-hybridized carbons (Fsp3) is 0.579. The first-order valence-corrected chi connectivity index (χ1v) is 9.20. The van der Waals surface area contributed by atoms with Crippen molar-refractivity contribution >= 4 is 5.91 Å². The Balaban J connectivity index is 1.30. The van der Waals surface area contributed by atoms with Crippen molar-refractivity contribution < 1.29 is 13.6 Å². The lowest BCUT2D eigenvalue weighted by Gasteiger charge is -2.32. The van der Waals surface area contributed by atoms with Crippen molar-refractivity contribution in [3.05, 3.63) is 29.9 Å². The number of oxazole rings is 1. The summed E-state index contributed by atoms with van der Waals surface area (Å²) in [7, 11) is 0. The standard InChI is InChI=1S/C19H25N3O3/c1-13-16(21-19(25-13)17-3-2-10-24-17)11-18(23)22-8-6-15(7-9-22)20-12-14-4-5-14/h2-3,10,14-15,20H,4-9,11-12H2,1H3. The monoisotopic (exact) mass is 343 g/mol. The Kier molecular flexibility index (Phi) is 4.61. The summed E-state index contributed by atoms with van der Waals surface area (Å²) in [4.78, 5) is 19.0. The van der Waals surface area contributed by atoms with Gasteiger partial charge in [-0.15, -0.1) is 0 Å². The summed E-state index contributed by atoms with van der Waals surface area (Å²) < 4.78 is 10.9. The van der Waals surface area contributed by atoms with Crippen LogP contribution in [0.4, 0.5) is 0 Å². The molecule has 0 spiro atoms. The van der Waals surface area contributed by atoms with E-state index in [1.54, 1.807) is 18.4 Å². The van der Waals surface area contributed by atoms with Gasteiger partial charge in [0.15, 0.2) is 5.76 Å². The van der Waals surface area contributed by atoms with Crippen molar-refractivity contribution in [2.75, 3.05) is 19.6 Å². The topological polar surface area (TPSA) is 71.5 Å². The molecule has 0 radical (unpaired) electrons. The maximum absolute atomic E-state index is 12.6. The first-order chi connectivity index (χ1) is 12.2. The Hall–Kier alpha value is -2.08. The number of hydrogen-bond acceptors (Lipinski definition) is 5. The molecule has 25 heavy (non-hydrogen) atoms. The molecule has 1 N–H and O–H groups in total. The average Bonchev–Trinajstić information content (AvgIpc) is 3.14. The van der Waals surface area contributed by atoms with Crippen LogP contribution in [0.3, 0.4) is 0 Å². The van der Waals surface area contributed by atoms with Gasteiger partial charge in [-0.1, -0.05) is 0 Å². The van der Waals surface area contributed by atoms with E-state index in [1.807, 2.05) is 11.8 Å². The summed E-state index contributed by atoms with van der Waals surface area (Å²) in [6.07, 6.45) is 6.70. The summed E-state index contributed by atoms with van der Waals surface area (Å²) in [5.41, 5.74) is 0.699. The van der Waals surface area contributed by atoms with Crippen LogP contribution in [0.25, 0.3) is 11.7 Å². The fourth-order valence-electron chi connectivity index (χ4n) is 3.34. The molecular weight excluding hydrogens is 318 g/mol. The number of aryl methyl sites for hydroxylation is 1. The van der Waals surface area contributed by atoms with Gasteiger partial charge in [-0.05, 0) is 57.2 Å². The quantitative estimate of drug-likeness (QED) is 0.873. The summed E-state index contributed by atoms with van der Waals surface area (Å²) in [6, 6.07) is 4.15. The number of carbonyl (C=O) groups excluding carboxylic acids is 1. The molecule has 1 saturated heterocycles. The molecule has 0 atom stereocenters. The maximum Gasteiger partial charge on any atom is 0.263 e. The van der Waals surface area contributed by atoms with Gasteiger partial charge < -0.3 is 19.1 Å². The van der Waals surface area contributed by atoms with Gasteiger partial charge in [0, 0.05) is 19.1 Å². The minimum Gasteiger partial charge on any atom is -0.459 e. The van der Waals surface area contributed by atoms with Gasteiger partial charge in [-0.25, -0.2) is 4.98 Å². The molecule has 134 valence electrons. The van der Waals surface area contributed by atoms with Crippen molar-refractivity contribution in [3.8, 4) is 11.7 Å². The van der Waals surface area contributed by atoms with Crippen molar-refractivity contribution in [3.63, 3.8) is 0 Å². The maximum atomic E-state index is 12.6. The van der Waals surface area contributed by atoms with Gasteiger partial charge in [0.1, 0.15) is 5.76 Å². The molecule has 4 rings (SSSR count). The highest BCUT2D eigenvalue weighted by atomic mass is 16.4. The smallest absolute Gasteiger partial charge is 0.263 e. The van der Waals surface area contributed by atoms with E-state index >= 15 is 0 Å². The predicted octanol–water partition coefficient (Wildman–Crippen LogP) is 2.78. The number of nitrogens with one attached hydrogen (secondary N) is 1. The second-order valence-electron chi connectivity index (χ2n) is 7.18. The predicted molar refractivity (Wildman–Crippen MR) is 93.0 cm³/mol. The van der Waals surface area contributed by atoms with E-state index in [9.17, 15) is 4.79 Å². The number of nitrogens with zero attached hydrogens (tertiary/aromatic N) is 2. The van der Waals surface area contributed by atoms with Crippen molar-refractivity contribution in [2.24, 2.45) is 5.92 Å². The van der Waals surface area contributed by atoms with Crippen LogP contribution in [0, 0.1) is 12.8 Å². The van der Waals surface area contributed by atoms with Crippen LogP contribution in [-0.2, 0) is 11.2 Å². The molecule has 1 aliphatic carbocycles. The molecule has 1 amide bonds. The number of amides is 1. The normalized spacial score (nSPS) is 18.7. The van der Waals surface area contributed by atoms with Gasteiger partial charge in [-0.2, -0.15) is 0 Å². The van der Waals surface area contributed by atoms with E-state index in [1.165, 1.54) is 12.8 Å². The van der Waals surface area contributed by atoms with E-state index in [-0.39, 0.29) is 12.3 Å². The SMILES string of the molecule is Cc1oc(-c2ccco2)nc1CC(=O)N1CCC(NCC2CC2)CC1. The van der Waals surface area contributed by atoms with E-state index in [4.69, 9.17) is 8.83 Å². The van der Waals surface area contributed by atoms with E-state index in [0.717, 1.165) is 38.4 Å². The molecule has 1 saturated carbocycles. The first kappa shape index (κ1) is 16.4. The third-order valence-corrected chi connectivity index (χ3v) is 5.18. The highest BCUT2D eigenvalue weighted by molar-refractivity contribution is 5.78. The minimum absolute atomic E-state index is 0.128. The number of piperidine rings is 1. The molecule has 2 aromatic rings. The van der Waals surface area contributed by atoms with Crippen LogP contribution in [0.2, 0.25) is 0 Å². The van der Waals surface area contributed by atoms with Crippen molar-refractivity contribution in [1.82, 2.24) is 15.2 Å². The molecule has 1 aliphatic heterocycles. The van der Waals surface area contributed by atoms with Crippen molar-refractivity contribution in [1.29, 1.82) is 0 Å². The molecule has 0 aromatic carbocycles. The van der Waals surface area contributed by atoms with Gasteiger partial charge in [0.2, 0.25) is 5.91 Å². The lowest BCUT2D eigenvalue weighted by atomic mass is 10.0. The number of carbonyl (C=O) groups is 1. The molecule has 2 aliphatic rings. The first-order valence-electron chi connectivity index (χ1n) is 9.20. The van der Waals surface area contributed by atoms with E-state index < -0.39 is 0 Å². The van der Waals surface area contributed by atoms with Crippen LogP contribution >= 0.6 is 0 Å². The van der Waals surface area contributed by atoms with Gasteiger partial charge >= 0.3 is 0 Å². The zero-order valence-corrected chi connectivity index (χ0v) is 14.7. The zero-order valence-electron chi connectivity index (χ0n) is 14.7. The average molecular weight is 343 g/mol. The third kappa shape index (κ3) is 3.95. The Labute approximate surface area is 147 Å². The Morgan fingerprint density at radius 3 is 2.80 bits per heavy atom. The molecule has 6 nitrogen and oxygen atoms in total. The van der Waals surface area contributed by atoms with E-state index in [2.05, 4.69) is 10.3 Å². The molecule has 0 unspecified atom stereocenters. The Bertz CT molecular complexity index is 710. The van der Waals surface area contributed by atoms with Gasteiger partial charge in [0.25, 0.3) is 5.89 Å². The Morgan fingerprint density at radius 2 is 2.12 bits per heavy atom. The van der Waals surface area contributed by atoms with Crippen LogP contribution in [0.1, 0.15) is 37.1 Å². The minimum atomic E-state index is 0.128. The highest BCUT2D eigenvalue weighted by Crippen LogP contribution is 2.28. The van der Waals surface area contributed by atoms with Crippen LogP contribution in [0.5, 0.6) is 0 Å². The van der Waals surface area contributed by atoms with Crippen LogP contribution in [0.15, 0.2) is 27.2 Å². The number of aromatic nitrogens is 1. The van der Waals surface area contributed by atoms with Crippen LogP contribution < -0.4 is 5.32 Å². The number of likely N-dealkylation sites (tertiary alicyclic amines) is 1. The second-order valence-corrected chi connectivity index (χ2v) is 7.18. The van der Waals surface area contributed by atoms with Crippen LogP contribution in [-0.4, -0.2) is 41.5 Å². The molecule has 0 bridgehead atoms. The fourth-order valence-corrected chi connectivity index (χ4v) is 3.34. The molecule has 3 heterocycles. The summed E-state index contributed by atoms with van der Waals surface area (Å²) in [5.74, 6) is 2.74. The lowest BCUT2D eigenvalue weighted by Crippen LogP contribution is -2.45. The van der Waals surface area contributed by atoms with Gasteiger partial charge in [0.05, 0.1) is 18.4 Å². The Morgan fingerprint density at radius 1 is 1.32 bits per heavy atom. The second kappa shape index (κ2) is 7.04. The highest BCUT2D eigenvalue weighted by Gasteiger charge is 2.27. The molecule has 2 fully saturated rings. The lowest BCUT2D eigenvalue weighted by molar-refractivity contribution is -0.131. The third-order valence-electron chi connectivity index (χ3n) is 5.18. The van der Waals surface area contributed by atoms with E-state index in [0.29, 0.717) is 29.1 Å². The summed E-state index contributed by atoms with van der Waals surface area (Å²) in [5, 5.41) is 3.65. The summed E-state index contributed by atoms with van der Waals surface area (Å²) >= 11 is 0. The molecule has 6 heteroatoms. The van der Waals surface area contributed by atoms with Gasteiger partial charge in [-0.3, -0.25) is 4.79 Å². The summed E-state index contributed by atoms with van der Waals surface area (Å²) in [6.45, 7) is 4.63. The number of hydrogen-bond donors (Lipinski definition) is 1. The largest absolute Gasteiger partial charge is 0.459 e. The molecular formula is C19H25N3O3. The van der Waals surface area contributed by atoms with Crippen molar-refractivity contribution in [2.45, 2.75) is 45.1 Å². The number of rotatable bonds is 6.